The number of nitrogens with zero attached hydrogens (tertiary/aromatic N) is 1. The molecule has 0 spiro atoms. The molecule has 2 aliphatic heterocycles. The Labute approximate surface area is 129 Å². The van der Waals surface area contributed by atoms with Crippen LogP contribution in [-0.2, 0) is 11.3 Å². The van der Waals surface area contributed by atoms with E-state index in [9.17, 15) is 14.7 Å². The fourth-order valence-electron chi connectivity index (χ4n) is 3.54. The van der Waals surface area contributed by atoms with E-state index in [1.54, 1.807) is 4.90 Å². The van der Waals surface area contributed by atoms with Gasteiger partial charge in [-0.25, -0.2) is 9.59 Å². The molecule has 2 amide bonds. The first-order valence-electron chi connectivity index (χ1n) is 7.62. The lowest BCUT2D eigenvalue weighted by Gasteiger charge is -2.37. The number of piperidine rings is 1. The molecule has 2 heterocycles. The lowest BCUT2D eigenvalue weighted by Crippen LogP contribution is -2.52. The Kier molecular flexibility index (Phi) is 4.18. The van der Waals surface area contributed by atoms with Crippen LogP contribution in [0.1, 0.15) is 31.2 Å². The molecule has 1 aromatic rings. The molecular weight excluding hydrogens is 284 g/mol. The Morgan fingerprint density at radius 1 is 1.18 bits per heavy atom. The molecule has 2 bridgehead atoms. The zero-order chi connectivity index (χ0) is 15.5. The second-order valence-corrected chi connectivity index (χ2v) is 5.95. The maximum atomic E-state index is 11.9. The summed E-state index contributed by atoms with van der Waals surface area (Å²) in [6, 6.07) is 9.56. The van der Waals surface area contributed by atoms with Gasteiger partial charge in [0.1, 0.15) is 6.61 Å². The van der Waals surface area contributed by atoms with E-state index in [4.69, 9.17) is 4.74 Å². The average Bonchev–Trinajstić information content (AvgIpc) is 2.78. The van der Waals surface area contributed by atoms with E-state index < -0.39 is 12.2 Å². The predicted octanol–water partition coefficient (Wildman–Crippen LogP) is 2.59. The molecular formula is C16H20N2O4. The number of carbonyl (C=O) groups is 2. The summed E-state index contributed by atoms with van der Waals surface area (Å²) in [6.45, 7) is 0.244. The van der Waals surface area contributed by atoms with Crippen molar-refractivity contribution in [1.29, 1.82) is 0 Å². The minimum Gasteiger partial charge on any atom is -0.465 e. The molecule has 0 unspecified atom stereocenters. The third-order valence-electron chi connectivity index (χ3n) is 4.49. The summed E-state index contributed by atoms with van der Waals surface area (Å²) in [7, 11) is 0. The second kappa shape index (κ2) is 6.25. The molecule has 0 saturated carbocycles. The van der Waals surface area contributed by atoms with Crippen molar-refractivity contribution in [3.05, 3.63) is 35.9 Å². The van der Waals surface area contributed by atoms with Crippen LogP contribution in [0.2, 0.25) is 0 Å². The number of benzene rings is 1. The van der Waals surface area contributed by atoms with Crippen LogP contribution in [0.25, 0.3) is 0 Å². The summed E-state index contributed by atoms with van der Waals surface area (Å²) in [5, 5.41) is 12.1. The minimum atomic E-state index is -0.849. The molecule has 22 heavy (non-hydrogen) atoms. The number of hydrogen-bond donors (Lipinski definition) is 2. The van der Waals surface area contributed by atoms with E-state index in [1.165, 1.54) is 0 Å². The van der Waals surface area contributed by atoms with E-state index >= 15 is 0 Å². The van der Waals surface area contributed by atoms with Crippen molar-refractivity contribution >= 4 is 12.2 Å². The number of rotatable bonds is 3. The minimum absolute atomic E-state index is 0.00336. The lowest BCUT2D eigenvalue weighted by atomic mass is 9.98. The molecule has 2 saturated heterocycles. The van der Waals surface area contributed by atoms with Gasteiger partial charge in [-0.2, -0.15) is 0 Å². The third kappa shape index (κ3) is 3.16. The quantitative estimate of drug-likeness (QED) is 0.899. The van der Waals surface area contributed by atoms with Gasteiger partial charge in [-0.1, -0.05) is 30.3 Å². The molecule has 0 aromatic heterocycles. The molecule has 2 N–H and O–H groups in total. The molecule has 0 radical (unpaired) electrons. The molecule has 1 aromatic carbocycles. The zero-order valence-corrected chi connectivity index (χ0v) is 12.3. The number of carbonyl (C=O) groups excluding carboxylic acids is 1. The first-order valence-corrected chi connectivity index (χ1v) is 7.62. The van der Waals surface area contributed by atoms with E-state index in [2.05, 4.69) is 5.32 Å². The van der Waals surface area contributed by atoms with Gasteiger partial charge in [-0.15, -0.1) is 0 Å². The van der Waals surface area contributed by atoms with E-state index in [0.717, 1.165) is 18.4 Å². The van der Waals surface area contributed by atoms with Gasteiger partial charge in [0.05, 0.1) is 0 Å². The molecule has 6 heteroatoms. The van der Waals surface area contributed by atoms with Crippen LogP contribution in [0.5, 0.6) is 0 Å². The van der Waals surface area contributed by atoms with Gasteiger partial charge in [0.25, 0.3) is 0 Å². The first kappa shape index (κ1) is 14.7. The topological polar surface area (TPSA) is 78.9 Å². The fourth-order valence-corrected chi connectivity index (χ4v) is 3.54. The Bertz CT molecular complexity index is 534. The standard InChI is InChI=1S/C16H20N2O4/c19-15(22-10-11-4-2-1-3-5-11)17-12-8-13-6-7-14(9-12)18(13)16(20)21/h1-5,12-14H,6-10H2,(H,17,19)(H,20,21)/t12-,13-,14+. The maximum Gasteiger partial charge on any atom is 0.407 e. The van der Waals surface area contributed by atoms with E-state index in [1.807, 2.05) is 30.3 Å². The van der Waals surface area contributed by atoms with Gasteiger partial charge in [-0.05, 0) is 31.2 Å². The highest BCUT2D eigenvalue weighted by molar-refractivity contribution is 5.68. The highest BCUT2D eigenvalue weighted by Gasteiger charge is 2.43. The van der Waals surface area contributed by atoms with Gasteiger partial charge in [0.2, 0.25) is 0 Å². The van der Waals surface area contributed by atoms with Crippen molar-refractivity contribution in [2.75, 3.05) is 0 Å². The van der Waals surface area contributed by atoms with Crippen molar-refractivity contribution in [3.8, 4) is 0 Å². The normalized spacial score (nSPS) is 26.5. The molecule has 3 atom stereocenters. The molecule has 2 aliphatic rings. The third-order valence-corrected chi connectivity index (χ3v) is 4.49. The summed E-state index contributed by atoms with van der Waals surface area (Å²) in [6.07, 6.45) is 1.82. The summed E-state index contributed by atoms with van der Waals surface area (Å²) in [4.78, 5) is 24.6. The average molecular weight is 304 g/mol. The van der Waals surface area contributed by atoms with Crippen molar-refractivity contribution in [1.82, 2.24) is 10.2 Å². The van der Waals surface area contributed by atoms with E-state index in [0.29, 0.717) is 12.8 Å². The van der Waals surface area contributed by atoms with Crippen LogP contribution >= 0.6 is 0 Å². The summed E-state index contributed by atoms with van der Waals surface area (Å²) >= 11 is 0. The van der Waals surface area contributed by atoms with E-state index in [-0.39, 0.29) is 24.7 Å². The van der Waals surface area contributed by atoms with Crippen LogP contribution in [0.3, 0.4) is 0 Å². The van der Waals surface area contributed by atoms with Gasteiger partial charge in [0, 0.05) is 18.1 Å². The number of nitrogens with one attached hydrogen (secondary N) is 1. The predicted molar refractivity (Wildman–Crippen MR) is 79.5 cm³/mol. The number of ether oxygens (including phenoxy) is 1. The highest BCUT2D eigenvalue weighted by Crippen LogP contribution is 2.35. The zero-order valence-electron chi connectivity index (χ0n) is 12.3. The SMILES string of the molecule is O=C(N[C@@H]1C[C@H]2CC[C@@H](C1)N2C(=O)O)OCc1ccccc1. The Hall–Kier alpha value is -2.24. The van der Waals surface area contributed by atoms with Gasteiger partial charge >= 0.3 is 12.2 Å². The van der Waals surface area contributed by atoms with Crippen LogP contribution in [-0.4, -0.2) is 40.3 Å². The fraction of sp³-hybridized carbons (Fsp3) is 0.500. The lowest BCUT2D eigenvalue weighted by molar-refractivity contribution is 0.0873. The number of amides is 2. The van der Waals surface area contributed by atoms with Crippen molar-refractivity contribution < 1.29 is 19.4 Å². The Morgan fingerprint density at radius 2 is 1.82 bits per heavy atom. The summed E-state index contributed by atoms with van der Waals surface area (Å²) < 4.78 is 5.22. The molecule has 3 rings (SSSR count). The van der Waals surface area contributed by atoms with Gasteiger partial charge < -0.3 is 20.1 Å². The summed E-state index contributed by atoms with van der Waals surface area (Å²) in [5.41, 5.74) is 0.943. The first-order chi connectivity index (χ1) is 10.6. The number of fused-ring (bicyclic) bond motifs is 2. The number of hydrogen-bond acceptors (Lipinski definition) is 3. The van der Waals surface area contributed by atoms with Crippen LogP contribution in [0.15, 0.2) is 30.3 Å². The smallest absolute Gasteiger partial charge is 0.407 e. The largest absolute Gasteiger partial charge is 0.465 e. The Balaban J connectivity index is 1.48. The maximum absolute atomic E-state index is 11.9. The monoisotopic (exact) mass is 304 g/mol. The van der Waals surface area contributed by atoms with Crippen molar-refractivity contribution in [3.63, 3.8) is 0 Å². The van der Waals surface area contributed by atoms with Crippen LogP contribution in [0.4, 0.5) is 9.59 Å². The second-order valence-electron chi connectivity index (χ2n) is 5.95. The molecule has 0 aliphatic carbocycles. The Morgan fingerprint density at radius 3 is 2.41 bits per heavy atom. The van der Waals surface area contributed by atoms with Crippen LogP contribution < -0.4 is 5.32 Å². The molecule has 118 valence electrons. The van der Waals surface area contributed by atoms with Gasteiger partial charge in [0.15, 0.2) is 0 Å². The summed E-state index contributed by atoms with van der Waals surface area (Å²) in [5.74, 6) is 0. The number of carboxylic acid groups (broad SMARTS) is 1. The number of alkyl carbamates (subject to hydrolysis) is 1. The van der Waals surface area contributed by atoms with Crippen LogP contribution in [0, 0.1) is 0 Å². The molecule has 2 fully saturated rings. The highest BCUT2D eigenvalue weighted by atomic mass is 16.5. The molecule has 6 nitrogen and oxygen atoms in total. The van der Waals surface area contributed by atoms with Gasteiger partial charge in [-0.3, -0.25) is 0 Å². The van der Waals surface area contributed by atoms with Crippen molar-refractivity contribution in [2.24, 2.45) is 0 Å². The van der Waals surface area contributed by atoms with Crippen molar-refractivity contribution in [2.45, 2.75) is 50.4 Å².